The van der Waals surface area contributed by atoms with Gasteiger partial charge in [0.05, 0.1) is 18.3 Å². The third-order valence-corrected chi connectivity index (χ3v) is 3.14. The van der Waals surface area contributed by atoms with Gasteiger partial charge in [0, 0.05) is 11.1 Å². The minimum absolute atomic E-state index is 0.00139. The van der Waals surface area contributed by atoms with Crippen LogP contribution in [0.25, 0.3) is 10.9 Å². The molecule has 1 saturated carbocycles. The number of nitrogens with one attached hydrogen (secondary N) is 3. The maximum Gasteiger partial charge on any atom is 0.238 e. The summed E-state index contributed by atoms with van der Waals surface area (Å²) in [4.78, 5) is 11.7. The molecule has 1 aliphatic carbocycles. The summed E-state index contributed by atoms with van der Waals surface area (Å²) in [6, 6.07) is 5.70. The quantitative estimate of drug-likeness (QED) is 0.746. The van der Waals surface area contributed by atoms with Crippen molar-refractivity contribution in [2.45, 2.75) is 12.8 Å². The van der Waals surface area contributed by atoms with Crippen LogP contribution >= 0.6 is 0 Å². The van der Waals surface area contributed by atoms with Gasteiger partial charge < -0.3 is 10.6 Å². The van der Waals surface area contributed by atoms with Crippen molar-refractivity contribution in [2.24, 2.45) is 5.92 Å². The third kappa shape index (κ3) is 2.68. The average Bonchev–Trinajstić information content (AvgIpc) is 3.06. The molecule has 5 nitrogen and oxygen atoms in total. The molecule has 1 aromatic carbocycles. The monoisotopic (exact) mass is 244 g/mol. The molecule has 1 fully saturated rings. The maximum atomic E-state index is 11.7. The Kier molecular flexibility index (Phi) is 2.98. The molecule has 0 aliphatic heterocycles. The van der Waals surface area contributed by atoms with Crippen molar-refractivity contribution in [3.63, 3.8) is 0 Å². The van der Waals surface area contributed by atoms with Gasteiger partial charge in [-0.3, -0.25) is 9.89 Å². The van der Waals surface area contributed by atoms with E-state index < -0.39 is 0 Å². The Bertz CT molecular complexity index is 559. The van der Waals surface area contributed by atoms with Crippen LogP contribution in [0, 0.1) is 5.92 Å². The Morgan fingerprint density at radius 2 is 2.33 bits per heavy atom. The van der Waals surface area contributed by atoms with E-state index in [9.17, 15) is 4.79 Å². The van der Waals surface area contributed by atoms with Gasteiger partial charge in [0.2, 0.25) is 5.91 Å². The van der Waals surface area contributed by atoms with Crippen LogP contribution in [0.3, 0.4) is 0 Å². The molecule has 0 bridgehead atoms. The van der Waals surface area contributed by atoms with Crippen LogP contribution in [0.2, 0.25) is 0 Å². The number of rotatable bonds is 5. The molecule has 0 spiro atoms. The number of carbonyl (C=O) groups is 1. The zero-order chi connectivity index (χ0) is 12.4. The van der Waals surface area contributed by atoms with E-state index in [-0.39, 0.29) is 5.91 Å². The molecule has 1 heterocycles. The van der Waals surface area contributed by atoms with Gasteiger partial charge in [0.25, 0.3) is 0 Å². The van der Waals surface area contributed by atoms with E-state index in [2.05, 4.69) is 20.8 Å². The number of fused-ring (bicyclic) bond motifs is 1. The molecule has 1 aromatic heterocycles. The summed E-state index contributed by atoms with van der Waals surface area (Å²) in [6.07, 6.45) is 4.34. The molecular formula is C13H16N4O. The lowest BCUT2D eigenvalue weighted by Gasteiger charge is -2.06. The molecule has 18 heavy (non-hydrogen) atoms. The van der Waals surface area contributed by atoms with E-state index in [4.69, 9.17) is 0 Å². The highest BCUT2D eigenvalue weighted by Crippen LogP contribution is 2.27. The van der Waals surface area contributed by atoms with Gasteiger partial charge in [-0.05, 0) is 43.5 Å². The van der Waals surface area contributed by atoms with Crippen molar-refractivity contribution in [3.05, 3.63) is 24.4 Å². The summed E-state index contributed by atoms with van der Waals surface area (Å²) in [5.41, 5.74) is 1.78. The minimum Gasteiger partial charge on any atom is -0.325 e. The molecule has 2 aromatic rings. The average molecular weight is 244 g/mol. The van der Waals surface area contributed by atoms with Crippen molar-refractivity contribution >= 4 is 22.5 Å². The van der Waals surface area contributed by atoms with Crippen molar-refractivity contribution in [1.29, 1.82) is 0 Å². The van der Waals surface area contributed by atoms with Crippen LogP contribution in [-0.4, -0.2) is 29.2 Å². The second-order valence-electron chi connectivity index (χ2n) is 4.79. The van der Waals surface area contributed by atoms with Crippen molar-refractivity contribution in [3.8, 4) is 0 Å². The zero-order valence-corrected chi connectivity index (χ0v) is 10.1. The lowest BCUT2D eigenvalue weighted by Crippen LogP contribution is -2.29. The largest absolute Gasteiger partial charge is 0.325 e. The van der Waals surface area contributed by atoms with Crippen molar-refractivity contribution in [1.82, 2.24) is 15.5 Å². The summed E-state index contributed by atoms with van der Waals surface area (Å²) in [6.45, 7) is 1.33. The van der Waals surface area contributed by atoms with E-state index in [1.807, 2.05) is 18.2 Å². The van der Waals surface area contributed by atoms with Crippen LogP contribution < -0.4 is 10.6 Å². The second-order valence-corrected chi connectivity index (χ2v) is 4.79. The summed E-state index contributed by atoms with van der Waals surface area (Å²) in [5.74, 6) is 0.790. The van der Waals surface area contributed by atoms with Crippen LogP contribution in [-0.2, 0) is 4.79 Å². The fourth-order valence-corrected chi connectivity index (χ4v) is 1.94. The van der Waals surface area contributed by atoms with Gasteiger partial charge in [-0.2, -0.15) is 5.10 Å². The smallest absolute Gasteiger partial charge is 0.238 e. The van der Waals surface area contributed by atoms with Crippen molar-refractivity contribution in [2.75, 3.05) is 18.4 Å². The fraction of sp³-hybridized carbons (Fsp3) is 0.385. The second kappa shape index (κ2) is 4.78. The normalized spacial score (nSPS) is 14.9. The van der Waals surface area contributed by atoms with Gasteiger partial charge in [-0.15, -0.1) is 0 Å². The number of hydrogen-bond acceptors (Lipinski definition) is 3. The number of H-pyrrole nitrogens is 1. The SMILES string of the molecule is O=C(CNCC1CC1)Nc1ccc2[nH]ncc2c1. The van der Waals surface area contributed by atoms with Crippen LogP contribution in [0.15, 0.2) is 24.4 Å². The summed E-state index contributed by atoms with van der Waals surface area (Å²) in [7, 11) is 0. The number of benzene rings is 1. The molecule has 0 saturated heterocycles. The van der Waals surface area contributed by atoms with Gasteiger partial charge >= 0.3 is 0 Å². The Labute approximate surface area is 105 Å². The molecule has 1 amide bonds. The molecule has 3 N–H and O–H groups in total. The number of carbonyl (C=O) groups excluding carboxylic acids is 1. The molecule has 94 valence electrons. The van der Waals surface area contributed by atoms with E-state index in [1.165, 1.54) is 12.8 Å². The number of hydrogen-bond donors (Lipinski definition) is 3. The maximum absolute atomic E-state index is 11.7. The molecular weight excluding hydrogens is 228 g/mol. The Balaban J connectivity index is 1.55. The molecule has 0 radical (unpaired) electrons. The number of amides is 1. The van der Waals surface area contributed by atoms with E-state index >= 15 is 0 Å². The summed E-state index contributed by atoms with van der Waals surface area (Å²) < 4.78 is 0. The van der Waals surface area contributed by atoms with E-state index in [1.54, 1.807) is 6.20 Å². The minimum atomic E-state index is -0.00139. The molecule has 3 rings (SSSR count). The highest BCUT2D eigenvalue weighted by Gasteiger charge is 2.20. The van der Waals surface area contributed by atoms with E-state index in [0.29, 0.717) is 6.54 Å². The Hall–Kier alpha value is -1.88. The van der Waals surface area contributed by atoms with Crippen molar-refractivity contribution < 1.29 is 4.79 Å². The standard InChI is InChI=1S/C13H16N4O/c18-13(8-14-6-9-1-2-9)16-11-3-4-12-10(5-11)7-15-17-12/h3-5,7,9,14H,1-2,6,8H2,(H,15,17)(H,16,18). The first-order valence-corrected chi connectivity index (χ1v) is 6.25. The van der Waals surface area contributed by atoms with Gasteiger partial charge in [0.15, 0.2) is 0 Å². The van der Waals surface area contributed by atoms with Crippen LogP contribution in [0.5, 0.6) is 0 Å². The first-order valence-electron chi connectivity index (χ1n) is 6.25. The topological polar surface area (TPSA) is 69.8 Å². The zero-order valence-electron chi connectivity index (χ0n) is 10.1. The van der Waals surface area contributed by atoms with Gasteiger partial charge in [-0.1, -0.05) is 0 Å². The highest BCUT2D eigenvalue weighted by atomic mass is 16.1. The highest BCUT2D eigenvalue weighted by molar-refractivity contribution is 5.94. The van der Waals surface area contributed by atoms with Gasteiger partial charge in [0.1, 0.15) is 0 Å². The predicted octanol–water partition coefficient (Wildman–Crippen LogP) is 1.50. The Morgan fingerprint density at radius 3 is 3.17 bits per heavy atom. The Morgan fingerprint density at radius 1 is 1.44 bits per heavy atom. The molecule has 0 unspecified atom stereocenters. The molecule has 0 atom stereocenters. The van der Waals surface area contributed by atoms with E-state index in [0.717, 1.165) is 29.1 Å². The fourth-order valence-electron chi connectivity index (χ4n) is 1.94. The number of nitrogens with zero attached hydrogens (tertiary/aromatic N) is 1. The predicted molar refractivity (Wildman–Crippen MR) is 70.3 cm³/mol. The lowest BCUT2D eigenvalue weighted by atomic mass is 10.2. The molecule has 5 heteroatoms. The van der Waals surface area contributed by atoms with Gasteiger partial charge in [-0.25, -0.2) is 0 Å². The lowest BCUT2D eigenvalue weighted by molar-refractivity contribution is -0.115. The first-order chi connectivity index (χ1) is 8.81. The molecule has 1 aliphatic rings. The number of aromatic amines is 1. The first kappa shape index (κ1) is 11.2. The summed E-state index contributed by atoms with van der Waals surface area (Å²) >= 11 is 0. The number of aromatic nitrogens is 2. The number of anilines is 1. The summed E-state index contributed by atoms with van der Waals surface area (Å²) in [5, 5.41) is 13.9. The van der Waals surface area contributed by atoms with Crippen LogP contribution in [0.1, 0.15) is 12.8 Å². The third-order valence-electron chi connectivity index (χ3n) is 3.14. The van der Waals surface area contributed by atoms with Crippen LogP contribution in [0.4, 0.5) is 5.69 Å².